The van der Waals surface area contributed by atoms with E-state index in [0.29, 0.717) is 6.10 Å². The Labute approximate surface area is 120 Å². The van der Waals surface area contributed by atoms with Crippen LogP contribution in [0, 0.1) is 0 Å². The quantitative estimate of drug-likeness (QED) is 0.827. The Bertz CT molecular complexity index is 405. The average Bonchev–Trinajstić information content (AvgIpc) is 2.42. The summed E-state index contributed by atoms with van der Waals surface area (Å²) in [6.07, 6.45) is 4.02. The molecule has 0 amide bonds. The van der Waals surface area contributed by atoms with Crippen LogP contribution in [-0.2, 0) is 11.3 Å². The average molecular weight is 284 g/mol. The van der Waals surface area contributed by atoms with Crippen LogP contribution in [0.5, 0.6) is 5.75 Å². The van der Waals surface area contributed by atoms with Crippen molar-refractivity contribution in [2.24, 2.45) is 0 Å². The Morgan fingerprint density at radius 3 is 2.89 bits per heavy atom. The smallest absolute Gasteiger partial charge is 0.120 e. The number of nitrogens with zero attached hydrogens (tertiary/aromatic N) is 1. The Hall–Kier alpha value is -0.770. The highest BCUT2D eigenvalue weighted by Crippen LogP contribution is 2.23. The van der Waals surface area contributed by atoms with Crippen LogP contribution in [0.3, 0.4) is 0 Å². The normalized spacial score (nSPS) is 19.7. The third kappa shape index (κ3) is 4.37. The summed E-state index contributed by atoms with van der Waals surface area (Å²) in [6, 6.07) is 5.84. The van der Waals surface area contributed by atoms with Crippen LogP contribution in [0.2, 0.25) is 5.02 Å². The van der Waals surface area contributed by atoms with Crippen LogP contribution >= 0.6 is 11.6 Å². The maximum Gasteiger partial charge on any atom is 0.120 e. The Morgan fingerprint density at radius 2 is 2.26 bits per heavy atom. The molecular formula is C15H22ClNO2. The molecule has 2 rings (SSSR count). The molecule has 0 N–H and O–H groups in total. The summed E-state index contributed by atoms with van der Waals surface area (Å²) in [5, 5.41) is 0.760. The van der Waals surface area contributed by atoms with Crippen molar-refractivity contribution in [2.75, 3.05) is 27.3 Å². The van der Waals surface area contributed by atoms with Gasteiger partial charge >= 0.3 is 0 Å². The van der Waals surface area contributed by atoms with Gasteiger partial charge in [0.25, 0.3) is 0 Å². The predicted octanol–water partition coefficient (Wildman–Crippen LogP) is 3.35. The largest absolute Gasteiger partial charge is 0.497 e. The predicted molar refractivity (Wildman–Crippen MR) is 77.9 cm³/mol. The highest BCUT2D eigenvalue weighted by atomic mass is 35.5. The number of benzene rings is 1. The van der Waals surface area contributed by atoms with E-state index in [2.05, 4.69) is 11.9 Å². The number of likely N-dealkylation sites (N-methyl/N-ethyl adjacent to an activating group) is 1. The molecule has 0 radical (unpaired) electrons. The summed E-state index contributed by atoms with van der Waals surface area (Å²) < 4.78 is 10.9. The molecule has 1 heterocycles. The van der Waals surface area contributed by atoms with Crippen LogP contribution in [0.25, 0.3) is 0 Å². The molecule has 0 bridgehead atoms. The van der Waals surface area contributed by atoms with E-state index < -0.39 is 0 Å². The van der Waals surface area contributed by atoms with Crippen LogP contribution in [-0.4, -0.2) is 38.3 Å². The first kappa shape index (κ1) is 14.6. The first-order chi connectivity index (χ1) is 9.19. The van der Waals surface area contributed by atoms with E-state index in [0.717, 1.165) is 36.0 Å². The van der Waals surface area contributed by atoms with Gasteiger partial charge in [-0.1, -0.05) is 17.7 Å². The van der Waals surface area contributed by atoms with Crippen molar-refractivity contribution < 1.29 is 9.47 Å². The Kier molecular flexibility index (Phi) is 5.49. The molecule has 0 saturated carbocycles. The van der Waals surface area contributed by atoms with Crippen LogP contribution in [0.1, 0.15) is 24.8 Å². The summed E-state index contributed by atoms with van der Waals surface area (Å²) in [5.74, 6) is 0.798. The van der Waals surface area contributed by atoms with Crippen molar-refractivity contribution in [3.05, 3.63) is 28.8 Å². The molecule has 1 atom stereocenters. The van der Waals surface area contributed by atoms with Crippen molar-refractivity contribution in [3.63, 3.8) is 0 Å². The lowest BCUT2D eigenvalue weighted by molar-refractivity contribution is -0.00259. The number of rotatable bonds is 5. The summed E-state index contributed by atoms with van der Waals surface area (Å²) >= 11 is 6.26. The Balaban J connectivity index is 1.88. The van der Waals surface area contributed by atoms with Crippen molar-refractivity contribution in [1.29, 1.82) is 0 Å². The molecule has 0 aromatic heterocycles. The Morgan fingerprint density at radius 1 is 1.42 bits per heavy atom. The SMILES string of the molecule is COc1ccc(CN(C)CC2CCCCO2)c(Cl)c1. The molecule has 4 heteroatoms. The van der Waals surface area contributed by atoms with Crippen molar-refractivity contribution in [3.8, 4) is 5.75 Å². The second kappa shape index (κ2) is 7.13. The van der Waals surface area contributed by atoms with Gasteiger partial charge in [0.1, 0.15) is 5.75 Å². The van der Waals surface area contributed by atoms with Crippen molar-refractivity contribution in [2.45, 2.75) is 31.9 Å². The van der Waals surface area contributed by atoms with Gasteiger partial charge in [-0.2, -0.15) is 0 Å². The third-order valence-electron chi connectivity index (χ3n) is 3.49. The van der Waals surface area contributed by atoms with Crippen LogP contribution in [0.4, 0.5) is 0 Å². The highest BCUT2D eigenvalue weighted by Gasteiger charge is 2.16. The molecular weight excluding hydrogens is 262 g/mol. The molecule has 0 spiro atoms. The monoisotopic (exact) mass is 283 g/mol. The molecule has 19 heavy (non-hydrogen) atoms. The second-order valence-electron chi connectivity index (χ2n) is 5.14. The van der Waals surface area contributed by atoms with Gasteiger partial charge < -0.3 is 9.47 Å². The zero-order valence-corrected chi connectivity index (χ0v) is 12.4. The fraction of sp³-hybridized carbons (Fsp3) is 0.600. The first-order valence-electron chi connectivity index (χ1n) is 6.81. The van der Waals surface area contributed by atoms with Gasteiger partial charge in [0.2, 0.25) is 0 Å². The molecule has 1 aliphatic rings. The zero-order chi connectivity index (χ0) is 13.7. The van der Waals surface area contributed by atoms with Gasteiger partial charge in [0.15, 0.2) is 0 Å². The molecule has 1 fully saturated rings. The lowest BCUT2D eigenvalue weighted by Crippen LogP contribution is -2.33. The van der Waals surface area contributed by atoms with E-state index in [-0.39, 0.29) is 0 Å². The number of halogens is 1. The van der Waals surface area contributed by atoms with Gasteiger partial charge in [-0.15, -0.1) is 0 Å². The molecule has 1 unspecified atom stereocenters. The van der Waals surface area contributed by atoms with Crippen LogP contribution < -0.4 is 4.74 Å². The maximum atomic E-state index is 6.26. The molecule has 1 aliphatic heterocycles. The number of hydrogen-bond acceptors (Lipinski definition) is 3. The van der Waals surface area contributed by atoms with Crippen LogP contribution in [0.15, 0.2) is 18.2 Å². The molecule has 1 saturated heterocycles. The number of hydrogen-bond donors (Lipinski definition) is 0. The summed E-state index contributed by atoms with van der Waals surface area (Å²) in [7, 11) is 3.76. The van der Waals surface area contributed by atoms with E-state index in [1.807, 2.05) is 18.2 Å². The maximum absolute atomic E-state index is 6.26. The van der Waals surface area contributed by atoms with E-state index in [9.17, 15) is 0 Å². The van der Waals surface area contributed by atoms with Gasteiger partial charge in [-0.05, 0) is 44.0 Å². The number of ether oxygens (including phenoxy) is 2. The standard InChI is InChI=1S/C15H22ClNO2/c1-17(11-14-5-3-4-8-19-14)10-12-6-7-13(18-2)9-15(12)16/h6-7,9,14H,3-5,8,10-11H2,1-2H3. The molecule has 3 nitrogen and oxygen atoms in total. The van der Waals surface area contributed by atoms with E-state index in [1.165, 1.54) is 19.3 Å². The fourth-order valence-electron chi connectivity index (χ4n) is 2.44. The van der Waals surface area contributed by atoms with E-state index in [1.54, 1.807) is 7.11 Å². The summed E-state index contributed by atoms with van der Waals surface area (Å²) in [6.45, 7) is 2.70. The van der Waals surface area contributed by atoms with E-state index >= 15 is 0 Å². The van der Waals surface area contributed by atoms with Gasteiger partial charge in [0.05, 0.1) is 13.2 Å². The first-order valence-corrected chi connectivity index (χ1v) is 7.19. The van der Waals surface area contributed by atoms with Gasteiger partial charge in [-0.25, -0.2) is 0 Å². The summed E-state index contributed by atoms with van der Waals surface area (Å²) in [5.41, 5.74) is 1.13. The topological polar surface area (TPSA) is 21.7 Å². The molecule has 106 valence electrons. The lowest BCUT2D eigenvalue weighted by Gasteiger charge is -2.27. The minimum absolute atomic E-state index is 0.371. The number of methoxy groups -OCH3 is 1. The second-order valence-corrected chi connectivity index (χ2v) is 5.55. The van der Waals surface area contributed by atoms with E-state index in [4.69, 9.17) is 21.1 Å². The van der Waals surface area contributed by atoms with Crippen molar-refractivity contribution in [1.82, 2.24) is 4.90 Å². The minimum atomic E-state index is 0.371. The lowest BCUT2D eigenvalue weighted by atomic mass is 10.1. The van der Waals surface area contributed by atoms with Gasteiger partial charge in [0, 0.05) is 24.7 Å². The molecule has 1 aromatic rings. The molecule has 1 aromatic carbocycles. The van der Waals surface area contributed by atoms with Crippen molar-refractivity contribution >= 4 is 11.6 Å². The fourth-order valence-corrected chi connectivity index (χ4v) is 2.67. The molecule has 0 aliphatic carbocycles. The highest BCUT2D eigenvalue weighted by molar-refractivity contribution is 6.31. The third-order valence-corrected chi connectivity index (χ3v) is 3.84. The minimum Gasteiger partial charge on any atom is -0.497 e. The van der Waals surface area contributed by atoms with Gasteiger partial charge in [-0.3, -0.25) is 4.90 Å². The zero-order valence-electron chi connectivity index (χ0n) is 11.7. The summed E-state index contributed by atoms with van der Waals surface area (Å²) in [4.78, 5) is 2.27.